The van der Waals surface area contributed by atoms with E-state index >= 15 is 0 Å². The number of ether oxygens (including phenoxy) is 1. The van der Waals surface area contributed by atoms with Crippen LogP contribution in [0.4, 0.5) is 14.5 Å². The van der Waals surface area contributed by atoms with Crippen molar-refractivity contribution in [2.75, 3.05) is 18.4 Å². The maximum atomic E-state index is 13.9. The van der Waals surface area contributed by atoms with E-state index in [1.54, 1.807) is 48.5 Å². The number of hydrogen-bond acceptors (Lipinski definition) is 4. The number of carbonyl (C=O) groups is 3. The first-order chi connectivity index (χ1) is 16.8. The molecule has 35 heavy (non-hydrogen) atoms. The van der Waals surface area contributed by atoms with Gasteiger partial charge in [-0.3, -0.25) is 14.4 Å². The van der Waals surface area contributed by atoms with Crippen molar-refractivity contribution in [3.8, 4) is 5.75 Å². The molecule has 0 radical (unpaired) electrons. The van der Waals surface area contributed by atoms with Gasteiger partial charge in [0.05, 0.1) is 22.1 Å². The molecule has 0 spiro atoms. The third-order valence-corrected chi connectivity index (χ3v) is 6.06. The molecular weight excluding hydrogens is 478 g/mol. The molecule has 0 unspecified atom stereocenters. The van der Waals surface area contributed by atoms with E-state index in [9.17, 15) is 23.2 Å². The zero-order valence-electron chi connectivity index (χ0n) is 18.5. The fourth-order valence-electron chi connectivity index (χ4n) is 3.80. The number of rotatable bonds is 5. The van der Waals surface area contributed by atoms with Crippen LogP contribution < -0.4 is 10.1 Å². The van der Waals surface area contributed by atoms with E-state index in [-0.39, 0.29) is 24.6 Å². The summed E-state index contributed by atoms with van der Waals surface area (Å²) in [6.07, 6.45) is 0.721. The van der Waals surface area contributed by atoms with Crippen LogP contribution in [0.25, 0.3) is 0 Å². The fraction of sp³-hybridized carbons (Fsp3) is 0.192. The molecule has 1 heterocycles. The van der Waals surface area contributed by atoms with E-state index in [0.717, 1.165) is 12.1 Å². The molecule has 1 aliphatic rings. The second-order valence-corrected chi connectivity index (χ2v) is 8.48. The lowest BCUT2D eigenvalue weighted by Gasteiger charge is -2.31. The zero-order chi connectivity index (χ0) is 24.9. The van der Waals surface area contributed by atoms with Crippen molar-refractivity contribution < 1.29 is 27.9 Å². The first-order valence-corrected chi connectivity index (χ1v) is 11.3. The Hall–Kier alpha value is -3.78. The molecular formula is C26H21ClF2N2O4. The second-order valence-electron chi connectivity index (χ2n) is 8.07. The third kappa shape index (κ3) is 5.84. The van der Waals surface area contributed by atoms with Crippen molar-refractivity contribution in [1.29, 1.82) is 0 Å². The minimum atomic E-state index is -0.914. The Morgan fingerprint density at radius 2 is 1.60 bits per heavy atom. The second kappa shape index (κ2) is 10.7. The van der Waals surface area contributed by atoms with Gasteiger partial charge < -0.3 is 15.0 Å². The van der Waals surface area contributed by atoms with Crippen LogP contribution in [0.1, 0.15) is 33.6 Å². The number of anilines is 1. The number of benzene rings is 3. The van der Waals surface area contributed by atoms with Gasteiger partial charge in [0.2, 0.25) is 0 Å². The van der Waals surface area contributed by atoms with Crippen molar-refractivity contribution in [1.82, 2.24) is 4.90 Å². The summed E-state index contributed by atoms with van der Waals surface area (Å²) in [5, 5.41) is 3.07. The molecule has 0 aromatic heterocycles. The van der Waals surface area contributed by atoms with Gasteiger partial charge >= 0.3 is 5.97 Å². The predicted molar refractivity (Wildman–Crippen MR) is 126 cm³/mol. The number of hydrogen-bond donors (Lipinski definition) is 1. The van der Waals surface area contributed by atoms with Gasteiger partial charge in [-0.05, 0) is 61.4 Å². The van der Waals surface area contributed by atoms with Crippen LogP contribution in [0.15, 0.2) is 66.7 Å². The van der Waals surface area contributed by atoms with Crippen LogP contribution in [0, 0.1) is 17.6 Å². The van der Waals surface area contributed by atoms with Gasteiger partial charge in [-0.15, -0.1) is 0 Å². The van der Waals surface area contributed by atoms with E-state index in [2.05, 4.69) is 5.32 Å². The van der Waals surface area contributed by atoms with Crippen molar-refractivity contribution in [3.05, 3.63) is 94.5 Å². The van der Waals surface area contributed by atoms with Gasteiger partial charge in [0.25, 0.3) is 11.8 Å². The molecule has 3 aromatic rings. The van der Waals surface area contributed by atoms with Gasteiger partial charge in [-0.1, -0.05) is 23.7 Å². The van der Waals surface area contributed by atoms with Crippen LogP contribution in [-0.2, 0) is 4.79 Å². The normalized spacial score (nSPS) is 13.9. The molecule has 0 saturated carbocycles. The highest BCUT2D eigenvalue weighted by atomic mass is 35.5. The quantitative estimate of drug-likeness (QED) is 0.381. The lowest BCUT2D eigenvalue weighted by Crippen LogP contribution is -2.41. The molecule has 180 valence electrons. The molecule has 1 fully saturated rings. The zero-order valence-corrected chi connectivity index (χ0v) is 19.2. The van der Waals surface area contributed by atoms with Crippen molar-refractivity contribution >= 4 is 35.1 Å². The summed E-state index contributed by atoms with van der Waals surface area (Å²) in [5.74, 6) is -3.10. The van der Waals surface area contributed by atoms with Crippen molar-refractivity contribution in [3.63, 3.8) is 0 Å². The summed E-state index contributed by atoms with van der Waals surface area (Å²) in [6, 6.07) is 15.9. The Kier molecular flexibility index (Phi) is 7.41. The Labute approximate surface area is 205 Å². The maximum absolute atomic E-state index is 13.9. The van der Waals surface area contributed by atoms with Gasteiger partial charge in [0.15, 0.2) is 0 Å². The standard InChI is InChI=1S/C26H21ClF2N2O4/c27-22-4-2-1-3-20(22)24(32)30-18-6-8-19(9-7-18)35-26(34)16-11-13-31(14-12-16)25(33)21-10-5-17(28)15-23(21)29/h1-10,15-16H,11-14H2,(H,30,32). The van der Waals surface area contributed by atoms with E-state index in [1.807, 2.05) is 0 Å². The minimum Gasteiger partial charge on any atom is -0.426 e. The van der Waals surface area contributed by atoms with Gasteiger partial charge in [-0.2, -0.15) is 0 Å². The van der Waals surface area contributed by atoms with E-state index < -0.39 is 29.4 Å². The first kappa shape index (κ1) is 24.3. The largest absolute Gasteiger partial charge is 0.426 e. The lowest BCUT2D eigenvalue weighted by molar-refractivity contribution is -0.140. The number of halogens is 3. The Morgan fingerprint density at radius 1 is 0.914 bits per heavy atom. The highest BCUT2D eigenvalue weighted by Crippen LogP contribution is 2.24. The predicted octanol–water partition coefficient (Wildman–Crippen LogP) is 5.33. The Bertz CT molecular complexity index is 1260. The molecule has 0 aliphatic carbocycles. The van der Waals surface area contributed by atoms with Gasteiger partial charge in [0.1, 0.15) is 17.4 Å². The molecule has 4 rings (SSSR count). The monoisotopic (exact) mass is 498 g/mol. The number of nitrogens with zero attached hydrogens (tertiary/aromatic N) is 1. The lowest BCUT2D eigenvalue weighted by atomic mass is 9.96. The number of amides is 2. The Balaban J connectivity index is 1.29. The average molecular weight is 499 g/mol. The number of esters is 1. The minimum absolute atomic E-state index is 0.200. The summed E-state index contributed by atoms with van der Waals surface area (Å²) < 4.78 is 32.5. The molecule has 9 heteroatoms. The van der Waals surface area contributed by atoms with Crippen LogP contribution in [0.2, 0.25) is 5.02 Å². The summed E-state index contributed by atoms with van der Waals surface area (Å²) in [5.41, 5.74) is 0.653. The molecule has 1 saturated heterocycles. The summed E-state index contributed by atoms with van der Waals surface area (Å²) in [6.45, 7) is 0.505. The number of piperidine rings is 1. The number of likely N-dealkylation sites (tertiary alicyclic amines) is 1. The smallest absolute Gasteiger partial charge is 0.314 e. The van der Waals surface area contributed by atoms with Crippen LogP contribution in [0.3, 0.4) is 0 Å². The summed E-state index contributed by atoms with van der Waals surface area (Å²) in [4.78, 5) is 38.9. The van der Waals surface area contributed by atoms with Gasteiger partial charge in [0, 0.05) is 24.8 Å². The van der Waals surface area contributed by atoms with Crippen LogP contribution >= 0.6 is 11.6 Å². The van der Waals surface area contributed by atoms with E-state index in [1.165, 1.54) is 4.90 Å². The average Bonchev–Trinajstić information content (AvgIpc) is 2.85. The van der Waals surface area contributed by atoms with Crippen molar-refractivity contribution in [2.24, 2.45) is 5.92 Å². The molecule has 1 aliphatic heterocycles. The topological polar surface area (TPSA) is 75.7 Å². The molecule has 2 amide bonds. The molecule has 3 aromatic carbocycles. The fourth-order valence-corrected chi connectivity index (χ4v) is 4.02. The molecule has 0 bridgehead atoms. The van der Waals surface area contributed by atoms with Crippen molar-refractivity contribution in [2.45, 2.75) is 12.8 Å². The van der Waals surface area contributed by atoms with E-state index in [4.69, 9.17) is 16.3 Å². The summed E-state index contributed by atoms with van der Waals surface area (Å²) in [7, 11) is 0. The first-order valence-electron chi connectivity index (χ1n) is 10.9. The highest BCUT2D eigenvalue weighted by molar-refractivity contribution is 6.34. The van der Waals surface area contributed by atoms with E-state index in [0.29, 0.717) is 40.9 Å². The summed E-state index contributed by atoms with van der Waals surface area (Å²) >= 11 is 6.04. The SMILES string of the molecule is O=C(Nc1ccc(OC(=O)C2CCN(C(=O)c3ccc(F)cc3F)CC2)cc1)c1ccccc1Cl. The number of nitrogens with one attached hydrogen (secondary N) is 1. The van der Waals surface area contributed by atoms with Crippen LogP contribution in [0.5, 0.6) is 5.75 Å². The third-order valence-electron chi connectivity index (χ3n) is 5.73. The molecule has 6 nitrogen and oxygen atoms in total. The number of carbonyl (C=O) groups excluding carboxylic acids is 3. The molecule has 0 atom stereocenters. The highest BCUT2D eigenvalue weighted by Gasteiger charge is 2.30. The maximum Gasteiger partial charge on any atom is 0.314 e. The molecule has 1 N–H and O–H groups in total. The Morgan fingerprint density at radius 3 is 2.26 bits per heavy atom. The van der Waals surface area contributed by atoms with Gasteiger partial charge in [-0.25, -0.2) is 8.78 Å². The van der Waals surface area contributed by atoms with Crippen LogP contribution in [-0.4, -0.2) is 35.8 Å².